The lowest BCUT2D eigenvalue weighted by atomic mass is 10.1. The molecule has 1 aliphatic rings. The minimum atomic E-state index is -0.746. The maximum Gasteiger partial charge on any atom is 0.252 e. The van der Waals surface area contributed by atoms with Crippen LogP contribution in [0.15, 0.2) is 54.0 Å². The minimum Gasteiger partial charge on any atom is -0.367 e. The van der Waals surface area contributed by atoms with E-state index < -0.39 is 17.1 Å². The highest BCUT2D eigenvalue weighted by molar-refractivity contribution is 8.15. The highest BCUT2D eigenvalue weighted by Crippen LogP contribution is 2.31. The van der Waals surface area contributed by atoms with E-state index in [1.165, 1.54) is 18.3 Å². The zero-order chi connectivity index (χ0) is 21.3. The molecule has 1 atom stereocenters. The van der Waals surface area contributed by atoms with Gasteiger partial charge >= 0.3 is 0 Å². The first kappa shape index (κ1) is 20.0. The van der Waals surface area contributed by atoms with Gasteiger partial charge in [0.1, 0.15) is 10.7 Å². The van der Waals surface area contributed by atoms with Crippen LogP contribution in [0.1, 0.15) is 22.5 Å². The Kier molecular flexibility index (Phi) is 5.45. The maximum absolute atomic E-state index is 14.1. The first-order valence-corrected chi connectivity index (χ1v) is 10.1. The molecular weight excluding hydrogens is 403 g/mol. The molecule has 0 saturated heterocycles. The summed E-state index contributed by atoms with van der Waals surface area (Å²) in [6.45, 7) is 4.22. The molecule has 0 fully saturated rings. The third kappa shape index (κ3) is 4.02. The lowest BCUT2D eigenvalue weighted by Gasteiger charge is -2.20. The van der Waals surface area contributed by atoms with Gasteiger partial charge in [0.2, 0.25) is 0 Å². The summed E-state index contributed by atoms with van der Waals surface area (Å²) in [7, 11) is 0. The number of amides is 1. The Bertz CT molecular complexity index is 1150. The summed E-state index contributed by atoms with van der Waals surface area (Å²) in [4.78, 5) is 24.8. The van der Waals surface area contributed by atoms with Crippen molar-refractivity contribution in [3.8, 4) is 11.3 Å². The van der Waals surface area contributed by atoms with Crippen LogP contribution in [0, 0.1) is 19.7 Å². The van der Waals surface area contributed by atoms with E-state index in [0.29, 0.717) is 11.6 Å². The van der Waals surface area contributed by atoms with Crippen LogP contribution in [-0.2, 0) is 11.3 Å². The van der Waals surface area contributed by atoms with E-state index in [-0.39, 0.29) is 5.69 Å². The third-order valence-corrected chi connectivity index (χ3v) is 5.76. The van der Waals surface area contributed by atoms with Gasteiger partial charge in [-0.3, -0.25) is 24.8 Å². The van der Waals surface area contributed by atoms with Gasteiger partial charge in [-0.15, -0.1) is 0 Å². The molecule has 0 saturated carbocycles. The molecule has 0 aromatic carbocycles. The average molecular weight is 422 g/mol. The monoisotopic (exact) mass is 422 g/mol. The maximum atomic E-state index is 14.1. The van der Waals surface area contributed by atoms with Crippen molar-refractivity contribution in [2.75, 3.05) is 0 Å². The Morgan fingerprint density at radius 1 is 1.17 bits per heavy atom. The number of thioether (sulfide) groups is 1. The number of nitrogens with two attached hydrogens (primary N) is 1. The van der Waals surface area contributed by atoms with Gasteiger partial charge in [-0.1, -0.05) is 17.8 Å². The van der Waals surface area contributed by atoms with E-state index >= 15 is 0 Å². The number of nitrogens with zero attached hydrogens (tertiary/aromatic N) is 5. The molecule has 3 aromatic rings. The molecule has 9 heteroatoms. The van der Waals surface area contributed by atoms with Gasteiger partial charge in [-0.05, 0) is 49.2 Å². The smallest absolute Gasteiger partial charge is 0.252 e. The van der Waals surface area contributed by atoms with Gasteiger partial charge in [0.05, 0.1) is 12.2 Å². The Morgan fingerprint density at radius 2 is 2.00 bits per heavy atom. The molecule has 1 unspecified atom stereocenters. The molecule has 3 aromatic heterocycles. The lowest BCUT2D eigenvalue weighted by Crippen LogP contribution is -2.36. The number of carbonyl (C=O) groups is 1. The molecule has 7 nitrogen and oxygen atoms in total. The Balaban J connectivity index is 1.61. The van der Waals surface area contributed by atoms with Crippen molar-refractivity contribution in [3.63, 3.8) is 0 Å². The van der Waals surface area contributed by atoms with Gasteiger partial charge in [-0.2, -0.15) is 5.10 Å². The Morgan fingerprint density at radius 3 is 2.70 bits per heavy atom. The van der Waals surface area contributed by atoms with Crippen molar-refractivity contribution in [1.29, 1.82) is 0 Å². The predicted octanol–water partition coefficient (Wildman–Crippen LogP) is 3.02. The molecule has 30 heavy (non-hydrogen) atoms. The lowest BCUT2D eigenvalue weighted by molar-refractivity contribution is -0.120. The van der Waals surface area contributed by atoms with Crippen LogP contribution in [0.5, 0.6) is 0 Å². The van der Waals surface area contributed by atoms with Gasteiger partial charge < -0.3 is 5.73 Å². The second-order valence-electron chi connectivity index (χ2n) is 6.90. The van der Waals surface area contributed by atoms with E-state index in [4.69, 9.17) is 5.73 Å². The van der Waals surface area contributed by atoms with Gasteiger partial charge in [0.15, 0.2) is 11.2 Å². The number of primary amides is 1. The topological polar surface area (TPSA) is 97.4 Å². The molecule has 0 bridgehead atoms. The van der Waals surface area contributed by atoms with Crippen LogP contribution < -0.4 is 5.73 Å². The fourth-order valence-corrected chi connectivity index (χ4v) is 4.22. The quantitative estimate of drug-likeness (QED) is 0.679. The average Bonchev–Trinajstić information content (AvgIpc) is 3.12. The van der Waals surface area contributed by atoms with Gasteiger partial charge in [-0.25, -0.2) is 4.39 Å². The van der Waals surface area contributed by atoms with Crippen molar-refractivity contribution < 1.29 is 9.18 Å². The summed E-state index contributed by atoms with van der Waals surface area (Å²) in [5, 5.41) is 5.54. The minimum absolute atomic E-state index is 0.106. The predicted molar refractivity (Wildman–Crippen MR) is 114 cm³/mol. The fourth-order valence-electron chi connectivity index (χ4n) is 3.23. The van der Waals surface area contributed by atoms with Crippen molar-refractivity contribution in [1.82, 2.24) is 20.0 Å². The van der Waals surface area contributed by atoms with E-state index in [0.717, 1.165) is 39.8 Å². The largest absolute Gasteiger partial charge is 0.367 e. The normalized spacial score (nSPS) is 15.9. The summed E-state index contributed by atoms with van der Waals surface area (Å²) in [5.41, 5.74) is 10.3. The van der Waals surface area contributed by atoms with E-state index in [1.54, 1.807) is 17.4 Å². The molecule has 0 aliphatic carbocycles. The molecule has 1 amide bonds. The summed E-state index contributed by atoms with van der Waals surface area (Å²) in [6.07, 6.45) is 4.98. The molecule has 1 aliphatic heterocycles. The summed E-state index contributed by atoms with van der Waals surface area (Å²) in [5.74, 6) is -1.05. The van der Waals surface area contributed by atoms with E-state index in [2.05, 4.69) is 20.1 Å². The molecule has 0 radical (unpaired) electrons. The molecular formula is C21H19FN6OS. The summed E-state index contributed by atoms with van der Waals surface area (Å²) in [6, 6.07) is 8.70. The molecule has 4 heterocycles. The molecule has 4 rings (SSSR count). The van der Waals surface area contributed by atoms with Crippen LogP contribution in [0.2, 0.25) is 0 Å². The van der Waals surface area contributed by atoms with Crippen molar-refractivity contribution in [2.45, 2.75) is 25.8 Å². The first-order chi connectivity index (χ1) is 14.4. The number of hydrogen-bond donors (Lipinski definition) is 1. The van der Waals surface area contributed by atoms with Gasteiger partial charge in [0, 0.05) is 29.8 Å². The van der Waals surface area contributed by atoms with E-state index in [9.17, 15) is 9.18 Å². The van der Waals surface area contributed by atoms with Crippen LogP contribution in [-0.4, -0.2) is 36.3 Å². The number of hydrazone groups is 1. The number of rotatable bonds is 5. The summed E-state index contributed by atoms with van der Waals surface area (Å²) >= 11 is 1.09. The van der Waals surface area contributed by atoms with Crippen LogP contribution >= 0.6 is 11.8 Å². The van der Waals surface area contributed by atoms with Crippen LogP contribution in [0.4, 0.5) is 4.39 Å². The Hall–Kier alpha value is -3.33. The first-order valence-electron chi connectivity index (χ1n) is 9.23. The van der Waals surface area contributed by atoms with Crippen molar-refractivity contribution >= 4 is 22.7 Å². The third-order valence-electron chi connectivity index (χ3n) is 4.57. The number of hydrogen-bond acceptors (Lipinski definition) is 7. The number of halogens is 1. The zero-order valence-corrected chi connectivity index (χ0v) is 17.2. The number of carbonyl (C=O) groups excluding carboxylic acids is 1. The SMILES string of the molecule is Cc1cc(-c2ncc(CN3N=C(c4ncccc4F)SC3C(N)=O)cc2C)ccn1. The van der Waals surface area contributed by atoms with Crippen LogP contribution in [0.25, 0.3) is 11.3 Å². The van der Waals surface area contributed by atoms with Crippen LogP contribution in [0.3, 0.4) is 0 Å². The standard InChI is InChI=1S/C21H19FN6OS/c1-12-8-14(10-26-17(12)15-5-7-24-13(2)9-15)11-28-21(19(23)29)30-20(27-28)18-16(22)4-3-6-25-18/h3-10,21H,11H2,1-2H3,(H2,23,29). The zero-order valence-electron chi connectivity index (χ0n) is 16.4. The van der Waals surface area contributed by atoms with Crippen molar-refractivity contribution in [3.05, 3.63) is 77.3 Å². The molecule has 152 valence electrons. The molecule has 2 N–H and O–H groups in total. The Labute approximate surface area is 177 Å². The second-order valence-corrected chi connectivity index (χ2v) is 7.97. The summed E-state index contributed by atoms with van der Waals surface area (Å²) < 4.78 is 14.1. The van der Waals surface area contributed by atoms with Gasteiger partial charge in [0.25, 0.3) is 5.91 Å². The molecule has 0 spiro atoms. The highest BCUT2D eigenvalue weighted by Gasteiger charge is 2.34. The van der Waals surface area contributed by atoms with E-state index in [1.807, 2.05) is 32.0 Å². The highest BCUT2D eigenvalue weighted by atomic mass is 32.2. The number of pyridine rings is 3. The fraction of sp³-hybridized carbons (Fsp3) is 0.190. The van der Waals surface area contributed by atoms with Crippen molar-refractivity contribution in [2.24, 2.45) is 10.8 Å². The number of aryl methyl sites for hydroxylation is 2. The second kappa shape index (κ2) is 8.19. The number of aromatic nitrogens is 3.